The number of hydrogen-bond donors (Lipinski definition) is 1. The van der Waals surface area contributed by atoms with Gasteiger partial charge in [-0.3, -0.25) is 9.59 Å². The number of carbonyl (C=O) groups excluding carboxylic acids is 2. The number of amides is 1. The molecule has 5 rings (SSSR count). The van der Waals surface area contributed by atoms with Crippen molar-refractivity contribution in [1.82, 2.24) is 15.2 Å². The van der Waals surface area contributed by atoms with Crippen LogP contribution in [0, 0.1) is 6.92 Å². The van der Waals surface area contributed by atoms with Crippen molar-refractivity contribution in [3.05, 3.63) is 77.6 Å². The molecule has 0 spiro atoms. The number of aromatic nitrogens is 3. The number of nitrogens with zero attached hydrogens (tertiary/aromatic N) is 4. The Hall–Kier alpha value is -4.35. The molecule has 4 aromatic rings. The van der Waals surface area contributed by atoms with Crippen LogP contribution >= 0.6 is 11.3 Å². The minimum atomic E-state index is -0.535. The second kappa shape index (κ2) is 13.3. The second-order valence-electron chi connectivity index (χ2n) is 11.2. The molecule has 0 saturated carbocycles. The number of ether oxygens (including phenoxy) is 3. The summed E-state index contributed by atoms with van der Waals surface area (Å²) in [5.41, 5.74) is 2.91. The fourth-order valence-electron chi connectivity index (χ4n) is 4.80. The molecule has 3 heterocycles. The lowest BCUT2D eigenvalue weighted by molar-refractivity contribution is -0.155. The monoisotopic (exact) mass is 601 g/mol. The van der Waals surface area contributed by atoms with Gasteiger partial charge in [0.1, 0.15) is 27.8 Å². The van der Waals surface area contributed by atoms with Crippen molar-refractivity contribution in [3.63, 3.8) is 0 Å². The number of benzene rings is 2. The number of rotatable bonds is 9. The van der Waals surface area contributed by atoms with E-state index in [4.69, 9.17) is 14.2 Å². The Morgan fingerprint density at radius 1 is 1.12 bits per heavy atom. The predicted octanol–water partition coefficient (Wildman–Crippen LogP) is 6.28. The second-order valence-corrected chi connectivity index (χ2v) is 12.0. The van der Waals surface area contributed by atoms with Crippen LogP contribution in [-0.4, -0.2) is 58.5 Å². The maximum absolute atomic E-state index is 13.4. The molecule has 1 saturated heterocycles. The number of nitrogens with one attached hydrogen (secondary N) is 1. The van der Waals surface area contributed by atoms with Gasteiger partial charge in [-0.15, -0.1) is 11.3 Å². The summed E-state index contributed by atoms with van der Waals surface area (Å²) in [5, 5.41) is 13.2. The van der Waals surface area contributed by atoms with Crippen LogP contribution in [0.4, 0.5) is 11.4 Å². The molecule has 1 atom stereocenters. The van der Waals surface area contributed by atoms with Crippen molar-refractivity contribution < 1.29 is 23.8 Å². The van der Waals surface area contributed by atoms with Gasteiger partial charge in [0.15, 0.2) is 0 Å². The average Bonchev–Trinajstić information content (AvgIpc) is 3.49. The van der Waals surface area contributed by atoms with Crippen LogP contribution in [0.3, 0.4) is 0 Å². The zero-order valence-electron chi connectivity index (χ0n) is 24.7. The summed E-state index contributed by atoms with van der Waals surface area (Å²) in [6.07, 6.45) is 3.81. The van der Waals surface area contributed by atoms with Crippen LogP contribution < -0.4 is 15.0 Å². The molecule has 224 valence electrons. The first kappa shape index (κ1) is 30.1. The Labute approximate surface area is 255 Å². The van der Waals surface area contributed by atoms with E-state index >= 15 is 0 Å². The molecule has 1 N–H and O–H groups in total. The van der Waals surface area contributed by atoms with Gasteiger partial charge in [0, 0.05) is 36.0 Å². The van der Waals surface area contributed by atoms with Gasteiger partial charge in [-0.05, 0) is 64.4 Å². The fraction of sp³-hybridized carbons (Fsp3) is 0.344. The van der Waals surface area contributed by atoms with Crippen molar-refractivity contribution in [1.29, 1.82) is 0 Å². The first-order valence-electron chi connectivity index (χ1n) is 14.1. The summed E-state index contributed by atoms with van der Waals surface area (Å²) in [6, 6.07) is 15.1. The minimum absolute atomic E-state index is 0.182. The van der Waals surface area contributed by atoms with E-state index in [1.54, 1.807) is 23.8 Å². The quantitative estimate of drug-likeness (QED) is 0.221. The number of anilines is 2. The van der Waals surface area contributed by atoms with Gasteiger partial charge in [0.25, 0.3) is 5.91 Å². The van der Waals surface area contributed by atoms with Gasteiger partial charge < -0.3 is 24.4 Å². The summed E-state index contributed by atoms with van der Waals surface area (Å²) >= 11 is 1.37. The van der Waals surface area contributed by atoms with Crippen molar-refractivity contribution in [2.24, 2.45) is 0 Å². The van der Waals surface area contributed by atoms with Crippen molar-refractivity contribution >= 4 is 34.6 Å². The summed E-state index contributed by atoms with van der Waals surface area (Å²) in [6.45, 7) is 9.17. The molecular formula is C32H35N5O5S. The van der Waals surface area contributed by atoms with E-state index in [1.165, 1.54) is 11.3 Å². The lowest BCUT2D eigenvalue weighted by Crippen LogP contribution is -2.43. The van der Waals surface area contributed by atoms with E-state index < -0.39 is 5.60 Å². The smallest absolute Gasteiger partial charge is 0.306 e. The Morgan fingerprint density at radius 3 is 2.67 bits per heavy atom. The number of morpholine rings is 1. The lowest BCUT2D eigenvalue weighted by Gasteiger charge is -2.37. The normalized spacial score (nSPS) is 15.2. The fourth-order valence-corrected chi connectivity index (χ4v) is 5.59. The number of esters is 1. The van der Waals surface area contributed by atoms with Crippen LogP contribution in [0.1, 0.15) is 49.7 Å². The summed E-state index contributed by atoms with van der Waals surface area (Å²) in [4.78, 5) is 32.5. The van der Waals surface area contributed by atoms with Gasteiger partial charge in [-0.2, -0.15) is 10.2 Å². The molecule has 0 aliphatic carbocycles. The molecular weight excluding hydrogens is 566 g/mol. The van der Waals surface area contributed by atoms with Crippen molar-refractivity contribution in [3.8, 4) is 22.1 Å². The number of carbonyl (C=O) groups is 2. The molecule has 1 fully saturated rings. The van der Waals surface area contributed by atoms with Crippen LogP contribution in [0.5, 0.6) is 11.5 Å². The highest BCUT2D eigenvalue weighted by Crippen LogP contribution is 2.39. The lowest BCUT2D eigenvalue weighted by atomic mass is 10.1. The van der Waals surface area contributed by atoms with Gasteiger partial charge in [0.2, 0.25) is 0 Å². The highest BCUT2D eigenvalue weighted by Gasteiger charge is 2.27. The topological polar surface area (TPSA) is 116 Å². The molecule has 2 aromatic carbocycles. The highest BCUT2D eigenvalue weighted by atomic mass is 32.1. The maximum Gasteiger partial charge on any atom is 0.306 e. The van der Waals surface area contributed by atoms with E-state index in [0.29, 0.717) is 54.0 Å². The molecule has 0 radical (unpaired) electrons. The zero-order valence-corrected chi connectivity index (χ0v) is 25.5. The van der Waals surface area contributed by atoms with Crippen molar-refractivity contribution in [2.75, 3.05) is 29.9 Å². The molecule has 43 heavy (non-hydrogen) atoms. The Kier molecular flexibility index (Phi) is 9.32. The number of thiazole rings is 1. The molecule has 2 aromatic heterocycles. The summed E-state index contributed by atoms with van der Waals surface area (Å²) < 4.78 is 17.7. The third-order valence-corrected chi connectivity index (χ3v) is 7.61. The van der Waals surface area contributed by atoms with E-state index in [9.17, 15) is 9.59 Å². The van der Waals surface area contributed by atoms with E-state index in [2.05, 4.69) is 25.4 Å². The summed E-state index contributed by atoms with van der Waals surface area (Å²) in [5.74, 6) is 0.820. The van der Waals surface area contributed by atoms with Gasteiger partial charge >= 0.3 is 5.97 Å². The van der Waals surface area contributed by atoms with Gasteiger partial charge in [-0.25, -0.2) is 4.98 Å². The molecule has 10 nitrogen and oxygen atoms in total. The molecule has 1 amide bonds. The van der Waals surface area contributed by atoms with Crippen LogP contribution in [-0.2, 0) is 14.3 Å². The molecule has 1 aliphatic heterocycles. The molecule has 0 unspecified atom stereocenters. The van der Waals surface area contributed by atoms with E-state index in [0.717, 1.165) is 16.8 Å². The third kappa shape index (κ3) is 7.94. The van der Waals surface area contributed by atoms with Crippen molar-refractivity contribution in [2.45, 2.75) is 52.2 Å². The Balaban J connectivity index is 1.39. The first-order chi connectivity index (χ1) is 20.7. The van der Waals surface area contributed by atoms with Crippen LogP contribution in [0.25, 0.3) is 10.6 Å². The average molecular weight is 602 g/mol. The minimum Gasteiger partial charge on any atom is -0.460 e. The predicted molar refractivity (Wildman–Crippen MR) is 166 cm³/mol. The maximum atomic E-state index is 13.4. The standard InChI is InChI=1S/C32H35N5O5S/c1-21-27(41-23-8-6-5-7-9-23)12-11-25(35-30(39)26-20-43-31(36-26)22-14-15-33-34-18-22)29(21)37-16-17-40-24(19-37)10-13-28(38)42-32(2,3)4/h5-9,11-12,14-15,18,20,24H,10,13,16-17,19H2,1-4H3,(H,35,39)/t24-/m1/s1. The zero-order chi connectivity index (χ0) is 30.4. The van der Waals surface area contributed by atoms with Gasteiger partial charge in [0.05, 0.1) is 36.5 Å². The molecule has 1 aliphatic rings. The SMILES string of the molecule is Cc1c(Oc2ccccc2)ccc(NC(=O)c2csc(-c3ccnnc3)n2)c1N1CCO[C@H](CCC(=O)OC(C)(C)C)C1. The number of hydrogen-bond acceptors (Lipinski definition) is 10. The van der Waals surface area contributed by atoms with Gasteiger partial charge in [-0.1, -0.05) is 18.2 Å². The largest absolute Gasteiger partial charge is 0.460 e. The molecule has 11 heteroatoms. The van der Waals surface area contributed by atoms with E-state index in [-0.39, 0.29) is 24.4 Å². The summed E-state index contributed by atoms with van der Waals surface area (Å²) in [7, 11) is 0. The number of para-hydroxylation sites is 1. The highest BCUT2D eigenvalue weighted by molar-refractivity contribution is 7.13. The third-order valence-electron chi connectivity index (χ3n) is 6.71. The van der Waals surface area contributed by atoms with E-state index in [1.807, 2.05) is 70.2 Å². The van der Waals surface area contributed by atoms with Crippen LogP contribution in [0.15, 0.2) is 66.3 Å². The Bertz CT molecular complexity index is 1560. The first-order valence-corrected chi connectivity index (χ1v) is 15.0. The Morgan fingerprint density at radius 2 is 1.93 bits per heavy atom. The molecule has 0 bridgehead atoms. The van der Waals surface area contributed by atoms with Crippen LogP contribution in [0.2, 0.25) is 0 Å².